The van der Waals surface area contributed by atoms with Crippen LogP contribution in [-0.4, -0.2) is 41.6 Å². The summed E-state index contributed by atoms with van der Waals surface area (Å²) in [6, 6.07) is -0.859. The van der Waals surface area contributed by atoms with Gasteiger partial charge in [0.1, 0.15) is 12.1 Å². The molecule has 0 aromatic heterocycles. The van der Waals surface area contributed by atoms with E-state index in [1.807, 2.05) is 0 Å². The quantitative estimate of drug-likeness (QED) is 0.0319. The van der Waals surface area contributed by atoms with Gasteiger partial charge in [0.2, 0.25) is 5.91 Å². The number of hydrogen-bond acceptors (Lipinski definition) is 5. The van der Waals surface area contributed by atoms with Crippen LogP contribution in [0.3, 0.4) is 0 Å². The van der Waals surface area contributed by atoms with Gasteiger partial charge in [-0.25, -0.2) is 4.79 Å². The summed E-state index contributed by atoms with van der Waals surface area (Å²) >= 11 is 0. The van der Waals surface area contributed by atoms with Crippen molar-refractivity contribution in [3.8, 4) is 0 Å². The van der Waals surface area contributed by atoms with Crippen LogP contribution in [0.5, 0.6) is 0 Å². The summed E-state index contributed by atoms with van der Waals surface area (Å²) in [5.41, 5.74) is 5.50. The Hall–Kier alpha value is -2.93. The van der Waals surface area contributed by atoms with Gasteiger partial charge in [-0.1, -0.05) is 197 Å². The molecule has 2 unspecified atom stereocenters. The van der Waals surface area contributed by atoms with E-state index < -0.39 is 12.0 Å². The topological polar surface area (TPSA) is 119 Å². The molecule has 61 heavy (non-hydrogen) atoms. The Bertz CT molecular complexity index is 1140. The summed E-state index contributed by atoms with van der Waals surface area (Å²) in [6.45, 7) is 4.85. The van der Waals surface area contributed by atoms with Gasteiger partial charge >= 0.3 is 11.9 Å². The van der Waals surface area contributed by atoms with E-state index in [-0.39, 0.29) is 18.0 Å². The van der Waals surface area contributed by atoms with Crippen molar-refractivity contribution in [3.05, 3.63) is 60.8 Å². The third-order valence-corrected chi connectivity index (χ3v) is 11.3. The Kier molecular flexibility index (Phi) is 45.8. The Morgan fingerprint density at radius 2 is 0.902 bits per heavy atom. The number of nitrogens with two attached hydrogens (primary N) is 1. The smallest absolute Gasteiger partial charge is 0.326 e. The Morgan fingerprint density at radius 1 is 0.492 bits per heavy atom. The number of carboxylic acid groups (broad SMARTS) is 1. The highest BCUT2D eigenvalue weighted by Gasteiger charge is 2.19. The van der Waals surface area contributed by atoms with E-state index in [1.54, 1.807) is 0 Å². The van der Waals surface area contributed by atoms with Gasteiger partial charge < -0.3 is 20.9 Å². The molecule has 0 radical (unpaired) electrons. The number of amides is 1. The van der Waals surface area contributed by atoms with Gasteiger partial charge in [-0.2, -0.15) is 0 Å². The van der Waals surface area contributed by atoms with Gasteiger partial charge in [-0.15, -0.1) is 0 Å². The maximum Gasteiger partial charge on any atom is 0.326 e. The van der Waals surface area contributed by atoms with Crippen LogP contribution in [0.15, 0.2) is 60.8 Å². The van der Waals surface area contributed by atoms with Crippen LogP contribution in [0.25, 0.3) is 0 Å². The van der Waals surface area contributed by atoms with Crippen molar-refractivity contribution in [1.82, 2.24) is 5.32 Å². The first-order chi connectivity index (χ1) is 29.9. The van der Waals surface area contributed by atoms with Gasteiger partial charge in [0, 0.05) is 12.8 Å². The predicted molar refractivity (Wildman–Crippen MR) is 262 cm³/mol. The number of ether oxygens (including phenoxy) is 1. The van der Waals surface area contributed by atoms with Gasteiger partial charge in [0.25, 0.3) is 0 Å². The lowest BCUT2D eigenvalue weighted by Crippen LogP contribution is -2.40. The van der Waals surface area contributed by atoms with Crippen LogP contribution in [0.4, 0.5) is 0 Å². The highest BCUT2D eigenvalue weighted by molar-refractivity contribution is 5.83. The van der Waals surface area contributed by atoms with Crippen LogP contribution < -0.4 is 11.1 Å². The normalized spacial score (nSPS) is 13.1. The molecule has 0 aliphatic heterocycles. The third kappa shape index (κ3) is 44.9. The molecule has 0 aromatic carbocycles. The molecule has 4 N–H and O–H groups in total. The summed E-state index contributed by atoms with van der Waals surface area (Å²) in [5.74, 6) is -1.24. The largest absolute Gasteiger partial charge is 0.480 e. The number of carbonyl (C=O) groups is 3. The Labute approximate surface area is 376 Å². The number of carboxylic acids is 1. The molecule has 0 spiro atoms. The molecule has 2 atom stereocenters. The molecule has 0 aliphatic rings. The standard InChI is InChI=1S/C54H96N2O5/c1-3-5-7-9-11-13-15-17-18-19-20-21-22-23-24-25-26-27-29-31-33-38-42-48-53(58)61-50(44-39-35-32-30-28-16-14-12-10-8-6-4-2)45-40-36-34-37-41-47-52(57)56-51(54(59)60)46-43-49-55/h5,7,11,13,17-18,20-21,23-24,50-51H,3-4,6,8-10,12,14-16,19,22,25-49,55H2,1-2H3,(H,56,57)(H,59,60)/b7-5-,13-11-,18-17-,21-20-,24-23-. The number of unbranched alkanes of at least 4 members (excludes halogenated alkanes) is 22. The van der Waals surface area contributed by atoms with Crippen LogP contribution >= 0.6 is 0 Å². The molecule has 1 amide bonds. The van der Waals surface area contributed by atoms with Gasteiger partial charge in [0.05, 0.1) is 0 Å². The first-order valence-electron chi connectivity index (χ1n) is 25.6. The van der Waals surface area contributed by atoms with Crippen molar-refractivity contribution >= 4 is 17.8 Å². The Balaban J connectivity index is 4.25. The molecule has 0 aliphatic carbocycles. The van der Waals surface area contributed by atoms with E-state index in [0.717, 1.165) is 103 Å². The molecule has 352 valence electrons. The lowest BCUT2D eigenvalue weighted by atomic mass is 10.0. The van der Waals surface area contributed by atoms with Crippen molar-refractivity contribution < 1.29 is 24.2 Å². The fraction of sp³-hybridized carbons (Fsp3) is 0.759. The monoisotopic (exact) mass is 853 g/mol. The number of aliphatic carboxylic acids is 1. The summed E-state index contributed by atoms with van der Waals surface area (Å²) in [6.07, 6.45) is 61.3. The number of hydrogen-bond donors (Lipinski definition) is 3. The van der Waals surface area contributed by atoms with E-state index in [9.17, 15) is 19.5 Å². The van der Waals surface area contributed by atoms with Crippen LogP contribution in [0, 0.1) is 0 Å². The summed E-state index contributed by atoms with van der Waals surface area (Å²) in [5, 5.41) is 12.0. The maximum atomic E-state index is 12.9. The Morgan fingerprint density at radius 3 is 1.36 bits per heavy atom. The minimum Gasteiger partial charge on any atom is -0.480 e. The molecule has 0 saturated carbocycles. The predicted octanol–water partition coefficient (Wildman–Crippen LogP) is 15.3. The molecule has 0 rings (SSSR count). The first-order valence-corrected chi connectivity index (χ1v) is 25.6. The number of rotatable bonds is 46. The minimum absolute atomic E-state index is 0.00540. The van der Waals surface area contributed by atoms with Gasteiger partial charge in [-0.05, 0) is 103 Å². The lowest BCUT2D eigenvalue weighted by molar-refractivity contribution is -0.150. The van der Waals surface area contributed by atoms with Crippen molar-refractivity contribution in [2.75, 3.05) is 6.54 Å². The molecular formula is C54H96N2O5. The van der Waals surface area contributed by atoms with E-state index in [1.165, 1.54) is 103 Å². The third-order valence-electron chi connectivity index (χ3n) is 11.3. The minimum atomic E-state index is -1.00. The van der Waals surface area contributed by atoms with E-state index >= 15 is 0 Å². The first kappa shape index (κ1) is 58.1. The average Bonchev–Trinajstić information content (AvgIpc) is 3.25. The average molecular weight is 853 g/mol. The molecule has 0 saturated heterocycles. The highest BCUT2D eigenvalue weighted by atomic mass is 16.5. The summed E-state index contributed by atoms with van der Waals surface area (Å²) in [7, 11) is 0. The van der Waals surface area contributed by atoms with E-state index in [4.69, 9.17) is 10.5 Å². The van der Waals surface area contributed by atoms with Crippen molar-refractivity contribution in [2.24, 2.45) is 5.73 Å². The molecule has 0 aromatic rings. The number of nitrogens with one attached hydrogen (secondary N) is 1. The number of carbonyl (C=O) groups excluding carboxylic acids is 2. The molecule has 7 heteroatoms. The molecular weight excluding hydrogens is 757 g/mol. The number of allylic oxidation sites excluding steroid dienone is 10. The fourth-order valence-corrected chi connectivity index (χ4v) is 7.54. The zero-order valence-electron chi connectivity index (χ0n) is 39.7. The van der Waals surface area contributed by atoms with E-state index in [2.05, 4.69) is 79.9 Å². The summed E-state index contributed by atoms with van der Waals surface area (Å²) < 4.78 is 6.08. The van der Waals surface area contributed by atoms with Gasteiger partial charge in [-0.3, -0.25) is 9.59 Å². The maximum absolute atomic E-state index is 12.9. The molecule has 0 fully saturated rings. The lowest BCUT2D eigenvalue weighted by Gasteiger charge is -2.18. The second-order valence-corrected chi connectivity index (χ2v) is 17.2. The second kappa shape index (κ2) is 48.1. The molecule has 7 nitrogen and oxygen atoms in total. The zero-order valence-corrected chi connectivity index (χ0v) is 39.7. The number of esters is 1. The van der Waals surface area contributed by atoms with Crippen LogP contribution in [-0.2, 0) is 19.1 Å². The van der Waals surface area contributed by atoms with E-state index in [0.29, 0.717) is 32.2 Å². The SMILES string of the molecule is CC/C=C\C/C=C\C/C=C\C/C=C\C/C=C\CCCCCCCCCC(=O)OC(CCCCCCCCCCCCCC)CCCCCCCC(=O)NC(CCCN)C(=O)O. The molecule has 0 bridgehead atoms. The van der Waals surface area contributed by atoms with Gasteiger partial charge in [0.15, 0.2) is 0 Å². The summed E-state index contributed by atoms with van der Waals surface area (Å²) in [4.78, 5) is 36.5. The van der Waals surface area contributed by atoms with Crippen molar-refractivity contribution in [1.29, 1.82) is 0 Å². The van der Waals surface area contributed by atoms with Crippen LogP contribution in [0.2, 0.25) is 0 Å². The highest BCUT2D eigenvalue weighted by Crippen LogP contribution is 2.19. The van der Waals surface area contributed by atoms with Crippen molar-refractivity contribution in [3.63, 3.8) is 0 Å². The molecule has 0 heterocycles. The zero-order chi connectivity index (χ0) is 44.5. The second-order valence-electron chi connectivity index (χ2n) is 17.2. The van der Waals surface area contributed by atoms with Crippen molar-refractivity contribution in [2.45, 2.75) is 257 Å². The fourth-order valence-electron chi connectivity index (χ4n) is 7.54. The van der Waals surface area contributed by atoms with Crippen LogP contribution in [0.1, 0.15) is 245 Å².